The highest BCUT2D eigenvalue weighted by molar-refractivity contribution is 5.95. The van der Waals surface area contributed by atoms with Gasteiger partial charge in [0.05, 0.1) is 0 Å². The first-order chi connectivity index (χ1) is 10.1. The van der Waals surface area contributed by atoms with Crippen molar-refractivity contribution in [3.8, 4) is 0 Å². The monoisotopic (exact) mass is 294 g/mol. The molecule has 112 valence electrons. The molecule has 1 aromatic rings. The van der Waals surface area contributed by atoms with Crippen molar-refractivity contribution >= 4 is 11.8 Å². The number of carbonyl (C=O) groups excluding carboxylic acids is 2. The Hall–Kier alpha value is -1.98. The van der Waals surface area contributed by atoms with Crippen LogP contribution in [0.4, 0.5) is 8.78 Å². The molecule has 2 amide bonds. The molecule has 1 unspecified atom stereocenters. The predicted molar refractivity (Wildman–Crippen MR) is 71.1 cm³/mol. The van der Waals surface area contributed by atoms with Gasteiger partial charge >= 0.3 is 0 Å². The van der Waals surface area contributed by atoms with E-state index in [9.17, 15) is 18.4 Å². The molecule has 0 spiro atoms. The summed E-state index contributed by atoms with van der Waals surface area (Å²) in [7, 11) is 0. The summed E-state index contributed by atoms with van der Waals surface area (Å²) in [6.07, 6.45) is 2.49. The smallest absolute Gasteiger partial charge is 0.246 e. The second-order valence-electron chi connectivity index (χ2n) is 5.53. The molecule has 1 aromatic carbocycles. The van der Waals surface area contributed by atoms with E-state index in [1.54, 1.807) is 4.90 Å². The van der Waals surface area contributed by atoms with Crippen LogP contribution in [0.5, 0.6) is 0 Å². The highest BCUT2D eigenvalue weighted by Gasteiger charge is 2.40. The molecule has 2 aliphatic heterocycles. The van der Waals surface area contributed by atoms with Gasteiger partial charge in [-0.3, -0.25) is 9.59 Å². The van der Waals surface area contributed by atoms with Crippen LogP contribution in [-0.4, -0.2) is 40.7 Å². The largest absolute Gasteiger partial charge is 0.329 e. The van der Waals surface area contributed by atoms with E-state index in [4.69, 9.17) is 0 Å². The van der Waals surface area contributed by atoms with Crippen LogP contribution in [0.3, 0.4) is 0 Å². The van der Waals surface area contributed by atoms with Crippen LogP contribution in [0.1, 0.15) is 24.8 Å². The minimum atomic E-state index is -0.693. The van der Waals surface area contributed by atoms with Gasteiger partial charge in [-0.1, -0.05) is 6.07 Å². The van der Waals surface area contributed by atoms with Gasteiger partial charge in [0.2, 0.25) is 11.8 Å². The standard InChI is InChI=1S/C15H16F2N2O2/c16-11-5-4-10(12(17)7-11)8-18-9-14(20)19-6-2-1-3-13(19)15(18)21/h4-5,7,13H,1-3,6,8-9H2. The molecule has 0 bridgehead atoms. The number of carbonyl (C=O) groups is 2. The maximum atomic E-state index is 13.7. The van der Waals surface area contributed by atoms with Crippen LogP contribution in [-0.2, 0) is 16.1 Å². The fourth-order valence-corrected chi connectivity index (χ4v) is 3.02. The van der Waals surface area contributed by atoms with Crippen molar-refractivity contribution < 1.29 is 18.4 Å². The number of piperidine rings is 1. The molecule has 2 fully saturated rings. The number of rotatable bonds is 2. The quantitative estimate of drug-likeness (QED) is 0.833. The fourth-order valence-electron chi connectivity index (χ4n) is 3.02. The lowest BCUT2D eigenvalue weighted by Gasteiger charge is -2.42. The average Bonchev–Trinajstić information content (AvgIpc) is 2.47. The Bertz CT molecular complexity index is 591. The van der Waals surface area contributed by atoms with Crippen molar-refractivity contribution in [1.29, 1.82) is 0 Å². The van der Waals surface area contributed by atoms with Gasteiger partial charge in [0.25, 0.3) is 0 Å². The second-order valence-corrected chi connectivity index (χ2v) is 5.53. The summed E-state index contributed by atoms with van der Waals surface area (Å²) in [4.78, 5) is 27.5. The molecule has 0 saturated carbocycles. The summed E-state index contributed by atoms with van der Waals surface area (Å²) in [5, 5.41) is 0. The maximum Gasteiger partial charge on any atom is 0.246 e. The van der Waals surface area contributed by atoms with Gasteiger partial charge in [-0.15, -0.1) is 0 Å². The first-order valence-electron chi connectivity index (χ1n) is 7.08. The van der Waals surface area contributed by atoms with Crippen molar-refractivity contribution in [3.63, 3.8) is 0 Å². The molecule has 4 nitrogen and oxygen atoms in total. The SMILES string of the molecule is O=C1C2CCCCN2C(=O)CN1Cc1ccc(F)cc1F. The first-order valence-corrected chi connectivity index (χ1v) is 7.08. The van der Waals surface area contributed by atoms with E-state index in [1.807, 2.05) is 0 Å². The highest BCUT2D eigenvalue weighted by Crippen LogP contribution is 2.24. The molecule has 6 heteroatoms. The minimum absolute atomic E-state index is 0.00102. The molecule has 0 N–H and O–H groups in total. The second kappa shape index (κ2) is 5.42. The normalized spacial score (nSPS) is 22.5. The molecule has 3 rings (SSSR count). The third kappa shape index (κ3) is 2.62. The lowest BCUT2D eigenvalue weighted by molar-refractivity contribution is -0.158. The minimum Gasteiger partial charge on any atom is -0.329 e. The Morgan fingerprint density at radius 1 is 1.19 bits per heavy atom. The molecule has 21 heavy (non-hydrogen) atoms. The Morgan fingerprint density at radius 2 is 2.00 bits per heavy atom. The summed E-state index contributed by atoms with van der Waals surface area (Å²) in [5.74, 6) is -1.59. The Kier molecular flexibility index (Phi) is 3.61. The first kappa shape index (κ1) is 14.0. The predicted octanol–water partition coefficient (Wildman–Crippen LogP) is 1.69. The molecular weight excluding hydrogens is 278 g/mol. The van der Waals surface area contributed by atoms with Gasteiger partial charge in [0.1, 0.15) is 24.2 Å². The zero-order chi connectivity index (χ0) is 15.0. The molecule has 0 aromatic heterocycles. The van der Waals surface area contributed by atoms with E-state index in [0.29, 0.717) is 13.0 Å². The average molecular weight is 294 g/mol. The van der Waals surface area contributed by atoms with Crippen LogP contribution in [0, 0.1) is 11.6 Å². The van der Waals surface area contributed by atoms with E-state index in [0.717, 1.165) is 25.0 Å². The Morgan fingerprint density at radius 3 is 2.76 bits per heavy atom. The van der Waals surface area contributed by atoms with Gasteiger partial charge in [-0.05, 0) is 25.3 Å². The molecule has 2 aliphatic rings. The van der Waals surface area contributed by atoms with Crippen molar-refractivity contribution in [2.75, 3.05) is 13.1 Å². The molecule has 2 saturated heterocycles. The van der Waals surface area contributed by atoms with E-state index in [2.05, 4.69) is 0 Å². The summed E-state index contributed by atoms with van der Waals surface area (Å²) >= 11 is 0. The number of hydrogen-bond donors (Lipinski definition) is 0. The summed E-state index contributed by atoms with van der Waals surface area (Å²) in [6.45, 7) is 0.584. The lowest BCUT2D eigenvalue weighted by atomic mass is 9.98. The van der Waals surface area contributed by atoms with E-state index in [1.165, 1.54) is 11.0 Å². The van der Waals surface area contributed by atoms with E-state index >= 15 is 0 Å². The number of halogens is 2. The maximum absolute atomic E-state index is 13.7. The van der Waals surface area contributed by atoms with Gasteiger partial charge in [0, 0.05) is 24.7 Å². The fraction of sp³-hybridized carbons (Fsp3) is 0.467. The van der Waals surface area contributed by atoms with Gasteiger partial charge in [-0.25, -0.2) is 8.78 Å². The zero-order valence-electron chi connectivity index (χ0n) is 11.5. The third-order valence-electron chi connectivity index (χ3n) is 4.12. The number of hydrogen-bond acceptors (Lipinski definition) is 2. The van der Waals surface area contributed by atoms with E-state index in [-0.39, 0.29) is 30.5 Å². The Labute approximate surface area is 121 Å². The van der Waals surface area contributed by atoms with Crippen LogP contribution >= 0.6 is 0 Å². The summed E-state index contributed by atoms with van der Waals surface area (Å²) < 4.78 is 26.6. The van der Waals surface area contributed by atoms with Gasteiger partial charge in [-0.2, -0.15) is 0 Å². The van der Waals surface area contributed by atoms with Crippen molar-refractivity contribution in [3.05, 3.63) is 35.4 Å². The number of benzene rings is 1. The molecule has 0 radical (unpaired) electrons. The summed E-state index contributed by atoms with van der Waals surface area (Å²) in [6, 6.07) is 2.85. The number of nitrogens with zero attached hydrogens (tertiary/aromatic N) is 2. The van der Waals surface area contributed by atoms with Crippen molar-refractivity contribution in [1.82, 2.24) is 9.80 Å². The van der Waals surface area contributed by atoms with Crippen molar-refractivity contribution in [2.24, 2.45) is 0 Å². The van der Waals surface area contributed by atoms with Gasteiger partial charge in [0.15, 0.2) is 0 Å². The van der Waals surface area contributed by atoms with Gasteiger partial charge < -0.3 is 9.80 Å². The lowest BCUT2D eigenvalue weighted by Crippen LogP contribution is -2.60. The van der Waals surface area contributed by atoms with Crippen LogP contribution in [0.2, 0.25) is 0 Å². The molecule has 2 heterocycles. The third-order valence-corrected chi connectivity index (χ3v) is 4.12. The highest BCUT2D eigenvalue weighted by atomic mass is 19.1. The summed E-state index contributed by atoms with van der Waals surface area (Å²) in [5.41, 5.74) is 0.224. The number of fused-ring (bicyclic) bond motifs is 1. The molecular formula is C15H16F2N2O2. The zero-order valence-corrected chi connectivity index (χ0v) is 11.5. The van der Waals surface area contributed by atoms with Crippen molar-refractivity contribution in [2.45, 2.75) is 31.8 Å². The van der Waals surface area contributed by atoms with Crippen LogP contribution in [0.25, 0.3) is 0 Å². The van der Waals surface area contributed by atoms with Crippen LogP contribution in [0.15, 0.2) is 18.2 Å². The topological polar surface area (TPSA) is 40.6 Å². The molecule has 1 atom stereocenters. The molecule has 0 aliphatic carbocycles. The number of piperazine rings is 1. The van der Waals surface area contributed by atoms with Crippen LogP contribution < -0.4 is 0 Å². The number of amides is 2. The Balaban J connectivity index is 1.79. The van der Waals surface area contributed by atoms with E-state index < -0.39 is 17.7 Å².